The van der Waals surface area contributed by atoms with Crippen LogP contribution in [0, 0.1) is 0 Å². The van der Waals surface area contributed by atoms with Crippen LogP contribution in [0.25, 0.3) is 0 Å². The van der Waals surface area contributed by atoms with E-state index < -0.39 is 21.9 Å². The Morgan fingerprint density at radius 3 is 2.74 bits per heavy atom. The number of halogens is 1. The summed E-state index contributed by atoms with van der Waals surface area (Å²) in [6.45, 7) is 1.74. The van der Waals surface area contributed by atoms with Crippen LogP contribution >= 0.6 is 0 Å². The summed E-state index contributed by atoms with van der Waals surface area (Å²) in [6.07, 6.45) is -0.526. The number of hydrogen-bond donors (Lipinski definition) is 2. The Balaban J connectivity index is 2.54. The van der Waals surface area contributed by atoms with Crippen molar-refractivity contribution in [2.24, 2.45) is 0 Å². The third-order valence-electron chi connectivity index (χ3n) is 3.32. The molecule has 0 radical (unpaired) electrons. The molecule has 1 atom stereocenters. The van der Waals surface area contributed by atoms with Crippen LogP contribution in [-0.4, -0.2) is 37.1 Å². The molecule has 2 rings (SSSR count). The molecule has 0 bridgehead atoms. The number of hydrogen-bond acceptors (Lipinski definition) is 4. The van der Waals surface area contributed by atoms with E-state index in [0.717, 1.165) is 4.31 Å². The zero-order valence-corrected chi connectivity index (χ0v) is 11.5. The monoisotopic (exact) mass is 288 g/mol. The molecule has 1 aliphatic heterocycles. The maximum atomic E-state index is 13.2. The van der Waals surface area contributed by atoms with Crippen LogP contribution in [0.4, 0.5) is 10.1 Å². The summed E-state index contributed by atoms with van der Waals surface area (Å²) in [4.78, 5) is -0.191. The average Bonchev–Trinajstić information content (AvgIpc) is 2.79. The summed E-state index contributed by atoms with van der Waals surface area (Å²) in [5.41, 5.74) is 6.05. The number of aromatic hydroxyl groups is 1. The summed E-state index contributed by atoms with van der Waals surface area (Å²) in [6, 6.07) is 3.04. The van der Waals surface area contributed by atoms with E-state index in [1.54, 1.807) is 13.0 Å². The number of rotatable bonds is 3. The average molecular weight is 288 g/mol. The Morgan fingerprint density at radius 2 is 2.21 bits per heavy atom. The quantitative estimate of drug-likeness (QED) is 0.648. The number of anilines is 1. The number of phenols is 1. The van der Waals surface area contributed by atoms with E-state index in [4.69, 9.17) is 5.73 Å². The lowest BCUT2D eigenvalue weighted by Crippen LogP contribution is -2.30. The summed E-state index contributed by atoms with van der Waals surface area (Å²) in [7, 11) is -3.90. The second kappa shape index (κ2) is 4.97. The van der Waals surface area contributed by atoms with Crippen molar-refractivity contribution < 1.29 is 17.9 Å². The lowest BCUT2D eigenvalue weighted by Gasteiger charge is -2.19. The van der Waals surface area contributed by atoms with Gasteiger partial charge in [-0.1, -0.05) is 13.0 Å². The predicted octanol–water partition coefficient (Wildman–Crippen LogP) is 1.27. The van der Waals surface area contributed by atoms with Gasteiger partial charge >= 0.3 is 0 Å². The van der Waals surface area contributed by atoms with Crippen LogP contribution in [0.5, 0.6) is 5.75 Å². The highest BCUT2D eigenvalue weighted by molar-refractivity contribution is 7.89. The number of benzene rings is 1. The van der Waals surface area contributed by atoms with Crippen molar-refractivity contribution in [2.75, 3.05) is 18.8 Å². The molecule has 1 unspecified atom stereocenters. The Morgan fingerprint density at radius 1 is 1.53 bits per heavy atom. The Labute approximate surface area is 111 Å². The van der Waals surface area contributed by atoms with Gasteiger partial charge in [-0.25, -0.2) is 12.8 Å². The molecule has 19 heavy (non-hydrogen) atoms. The van der Waals surface area contributed by atoms with E-state index >= 15 is 0 Å². The zero-order valence-electron chi connectivity index (χ0n) is 10.6. The molecule has 0 spiro atoms. The van der Waals surface area contributed by atoms with E-state index in [1.807, 2.05) is 0 Å². The van der Waals surface area contributed by atoms with Crippen molar-refractivity contribution in [3.8, 4) is 5.75 Å². The van der Waals surface area contributed by atoms with Crippen molar-refractivity contribution in [2.45, 2.75) is 30.8 Å². The van der Waals surface area contributed by atoms with Crippen LogP contribution in [0.15, 0.2) is 17.0 Å². The van der Waals surface area contributed by atoms with Gasteiger partial charge in [-0.15, -0.1) is 0 Å². The van der Waals surface area contributed by atoms with Crippen LogP contribution in [-0.2, 0) is 16.4 Å². The van der Waals surface area contributed by atoms with Gasteiger partial charge in [0.25, 0.3) is 0 Å². The number of phenolic OH excluding ortho intramolecular Hbond substituents is 1. The topological polar surface area (TPSA) is 83.6 Å². The minimum atomic E-state index is -3.90. The molecule has 106 valence electrons. The minimum absolute atomic E-state index is 0.00627. The van der Waals surface area contributed by atoms with E-state index in [2.05, 4.69) is 0 Å². The van der Waals surface area contributed by atoms with Gasteiger partial charge in [-0.3, -0.25) is 0 Å². The first-order chi connectivity index (χ1) is 8.87. The molecule has 1 aromatic carbocycles. The molecule has 3 N–H and O–H groups in total. The molecule has 5 nitrogen and oxygen atoms in total. The van der Waals surface area contributed by atoms with Crippen LogP contribution < -0.4 is 5.73 Å². The largest absolute Gasteiger partial charge is 0.504 e. The number of nitrogens with zero attached hydrogens (tertiary/aromatic N) is 1. The summed E-state index contributed by atoms with van der Waals surface area (Å²) in [5.74, 6) is -0.443. The molecule has 1 heterocycles. The summed E-state index contributed by atoms with van der Waals surface area (Å²) >= 11 is 0. The molecule has 1 aliphatic rings. The summed E-state index contributed by atoms with van der Waals surface area (Å²) in [5, 5.41) is 9.95. The highest BCUT2D eigenvalue weighted by atomic mass is 32.2. The number of aryl methyl sites for hydroxylation is 1. The second-order valence-electron chi connectivity index (χ2n) is 4.59. The minimum Gasteiger partial charge on any atom is -0.504 e. The molecule has 1 fully saturated rings. The van der Waals surface area contributed by atoms with Crippen molar-refractivity contribution >= 4 is 15.7 Å². The standard InChI is InChI=1S/C12H17FN2O3S/c1-2-8-3-4-10(14)11(16)12(8)19(17,18)15-6-5-9(13)7-15/h3-4,9,16H,2,5-7,14H2,1H3. The lowest BCUT2D eigenvalue weighted by molar-refractivity contribution is 0.342. The first kappa shape index (κ1) is 14.1. The maximum Gasteiger partial charge on any atom is 0.247 e. The molecule has 1 saturated heterocycles. The van der Waals surface area contributed by atoms with Gasteiger partial charge in [-0.2, -0.15) is 4.31 Å². The van der Waals surface area contributed by atoms with E-state index in [-0.39, 0.29) is 30.1 Å². The van der Waals surface area contributed by atoms with Gasteiger partial charge < -0.3 is 10.8 Å². The van der Waals surface area contributed by atoms with Crippen molar-refractivity contribution in [3.63, 3.8) is 0 Å². The van der Waals surface area contributed by atoms with Gasteiger partial charge in [0.05, 0.1) is 5.69 Å². The van der Waals surface area contributed by atoms with E-state index in [0.29, 0.717) is 12.0 Å². The first-order valence-electron chi connectivity index (χ1n) is 6.12. The highest BCUT2D eigenvalue weighted by Gasteiger charge is 2.35. The molecule has 0 saturated carbocycles. The third-order valence-corrected chi connectivity index (χ3v) is 5.30. The molecular weight excluding hydrogens is 271 g/mol. The van der Waals surface area contributed by atoms with Crippen LogP contribution in [0.3, 0.4) is 0 Å². The number of alkyl halides is 1. The smallest absolute Gasteiger partial charge is 0.247 e. The Bertz CT molecular complexity index is 589. The zero-order chi connectivity index (χ0) is 14.2. The van der Waals surface area contributed by atoms with Crippen LogP contribution in [0.2, 0.25) is 0 Å². The Kier molecular flexibility index (Phi) is 3.69. The Hall–Kier alpha value is -1.34. The van der Waals surface area contributed by atoms with Crippen molar-refractivity contribution in [3.05, 3.63) is 17.7 Å². The van der Waals surface area contributed by atoms with E-state index in [9.17, 15) is 17.9 Å². The predicted molar refractivity (Wildman–Crippen MR) is 70.2 cm³/mol. The number of nitrogens with two attached hydrogens (primary N) is 1. The molecular formula is C12H17FN2O3S. The fraction of sp³-hybridized carbons (Fsp3) is 0.500. The molecule has 7 heteroatoms. The van der Waals surface area contributed by atoms with Gasteiger partial charge in [-0.05, 0) is 24.5 Å². The molecule has 0 aliphatic carbocycles. The molecule has 0 aromatic heterocycles. The number of nitrogen functional groups attached to an aromatic ring is 1. The second-order valence-corrected chi connectivity index (χ2v) is 6.47. The first-order valence-corrected chi connectivity index (χ1v) is 7.56. The molecule has 0 amide bonds. The van der Waals surface area contributed by atoms with Gasteiger partial charge in [0.15, 0.2) is 5.75 Å². The normalized spacial score (nSPS) is 20.8. The van der Waals surface area contributed by atoms with Crippen molar-refractivity contribution in [1.82, 2.24) is 4.31 Å². The maximum absolute atomic E-state index is 13.2. The number of sulfonamides is 1. The SMILES string of the molecule is CCc1ccc(N)c(O)c1S(=O)(=O)N1CCC(F)C1. The summed E-state index contributed by atoms with van der Waals surface area (Å²) < 4.78 is 39.2. The van der Waals surface area contributed by atoms with E-state index in [1.165, 1.54) is 6.07 Å². The van der Waals surface area contributed by atoms with Gasteiger partial charge in [0.1, 0.15) is 11.1 Å². The lowest BCUT2D eigenvalue weighted by atomic mass is 10.1. The fourth-order valence-corrected chi connectivity index (χ4v) is 4.10. The molecule has 1 aromatic rings. The van der Waals surface area contributed by atoms with Gasteiger partial charge in [0.2, 0.25) is 10.0 Å². The van der Waals surface area contributed by atoms with Crippen molar-refractivity contribution in [1.29, 1.82) is 0 Å². The van der Waals surface area contributed by atoms with Crippen LogP contribution in [0.1, 0.15) is 18.9 Å². The highest BCUT2D eigenvalue weighted by Crippen LogP contribution is 2.35. The fourth-order valence-electron chi connectivity index (χ4n) is 2.23. The third kappa shape index (κ3) is 2.40. The van der Waals surface area contributed by atoms with Gasteiger partial charge in [0, 0.05) is 13.1 Å².